The number of aromatic carboxylic acids is 1. The van der Waals surface area contributed by atoms with Gasteiger partial charge < -0.3 is 20.3 Å². The van der Waals surface area contributed by atoms with E-state index in [0.717, 1.165) is 0 Å². The molecule has 1 aromatic carbocycles. The van der Waals surface area contributed by atoms with Gasteiger partial charge in [-0.25, -0.2) is 9.59 Å². The molecule has 0 fully saturated rings. The van der Waals surface area contributed by atoms with Gasteiger partial charge in [0.05, 0.1) is 17.3 Å². The van der Waals surface area contributed by atoms with E-state index in [1.54, 1.807) is 13.0 Å². The van der Waals surface area contributed by atoms with E-state index in [4.69, 9.17) is 14.9 Å². The Morgan fingerprint density at radius 1 is 1.35 bits per heavy atom. The third-order valence-electron chi connectivity index (χ3n) is 2.56. The van der Waals surface area contributed by atoms with Gasteiger partial charge in [-0.2, -0.15) is 0 Å². The number of hydrogen-bond donors (Lipinski definition) is 3. The summed E-state index contributed by atoms with van der Waals surface area (Å²) in [6.07, 6.45) is -1.02. The first kappa shape index (κ1) is 11.3. The average Bonchev–Trinajstić information content (AvgIpc) is 2.27. The Balaban J connectivity index is 2.36. The van der Waals surface area contributed by atoms with Crippen LogP contribution in [0.4, 0.5) is 5.69 Å². The predicted octanol–water partition coefficient (Wildman–Crippen LogP) is 1.03. The Hall–Kier alpha value is -2.24. The van der Waals surface area contributed by atoms with Gasteiger partial charge in [0.15, 0.2) is 0 Å². The molecule has 0 amide bonds. The molecule has 0 saturated heterocycles. The van der Waals surface area contributed by atoms with E-state index in [0.29, 0.717) is 5.69 Å². The van der Waals surface area contributed by atoms with Crippen molar-refractivity contribution < 1.29 is 24.5 Å². The average molecular weight is 237 g/mol. The maximum absolute atomic E-state index is 10.9. The highest BCUT2D eigenvalue weighted by Crippen LogP contribution is 2.32. The Bertz CT molecular complexity index is 485. The molecule has 1 aromatic rings. The number of rotatable bonds is 2. The Kier molecular flexibility index (Phi) is 2.63. The summed E-state index contributed by atoms with van der Waals surface area (Å²) in [4.78, 5) is 21.7. The normalized spacial score (nSPS) is 21.9. The summed E-state index contributed by atoms with van der Waals surface area (Å²) in [5.74, 6) is -1.92. The first-order chi connectivity index (χ1) is 7.99. The molecular weight excluding hydrogens is 226 g/mol. The summed E-state index contributed by atoms with van der Waals surface area (Å²) < 4.78 is 5.27. The van der Waals surface area contributed by atoms with E-state index in [2.05, 4.69) is 5.32 Å². The lowest BCUT2D eigenvalue weighted by Crippen LogP contribution is -2.44. The van der Waals surface area contributed by atoms with Crippen molar-refractivity contribution in [2.75, 3.05) is 5.32 Å². The molecule has 90 valence electrons. The maximum atomic E-state index is 10.9. The summed E-state index contributed by atoms with van der Waals surface area (Å²) >= 11 is 0. The SMILES string of the molecule is CC1Nc2ccc(C(=O)O)cc2OC1C(=O)O. The van der Waals surface area contributed by atoms with Crippen molar-refractivity contribution in [1.29, 1.82) is 0 Å². The predicted molar refractivity (Wildman–Crippen MR) is 58.5 cm³/mol. The monoisotopic (exact) mass is 237 g/mol. The molecule has 2 unspecified atom stereocenters. The van der Waals surface area contributed by atoms with Gasteiger partial charge in [0, 0.05) is 0 Å². The first-order valence-electron chi connectivity index (χ1n) is 5.02. The highest BCUT2D eigenvalue weighted by atomic mass is 16.5. The van der Waals surface area contributed by atoms with Gasteiger partial charge in [-0.3, -0.25) is 0 Å². The van der Waals surface area contributed by atoms with E-state index in [-0.39, 0.29) is 17.4 Å². The minimum Gasteiger partial charge on any atom is -0.478 e. The standard InChI is InChI=1S/C11H11NO5/c1-5-9(11(15)16)17-8-4-6(10(13)14)2-3-7(8)12-5/h2-5,9,12H,1H3,(H,13,14)(H,15,16). The summed E-state index contributed by atoms with van der Waals surface area (Å²) in [6.45, 7) is 1.69. The number of benzene rings is 1. The molecule has 6 nitrogen and oxygen atoms in total. The molecule has 17 heavy (non-hydrogen) atoms. The molecule has 1 aliphatic heterocycles. The number of anilines is 1. The quantitative estimate of drug-likeness (QED) is 0.711. The van der Waals surface area contributed by atoms with Crippen molar-refractivity contribution >= 4 is 17.6 Å². The van der Waals surface area contributed by atoms with E-state index < -0.39 is 18.0 Å². The Morgan fingerprint density at radius 2 is 2.06 bits per heavy atom. The fraction of sp³-hybridized carbons (Fsp3) is 0.273. The number of carbonyl (C=O) groups is 2. The van der Waals surface area contributed by atoms with Crippen molar-refractivity contribution in [3.63, 3.8) is 0 Å². The molecule has 2 rings (SSSR count). The summed E-state index contributed by atoms with van der Waals surface area (Å²) in [5, 5.41) is 20.7. The molecule has 3 N–H and O–H groups in total. The molecule has 6 heteroatoms. The van der Waals surface area contributed by atoms with Crippen LogP contribution in [0.3, 0.4) is 0 Å². The molecule has 0 radical (unpaired) electrons. The van der Waals surface area contributed by atoms with Crippen LogP contribution >= 0.6 is 0 Å². The Labute approximate surface area is 96.8 Å². The van der Waals surface area contributed by atoms with Gasteiger partial charge in [-0.15, -0.1) is 0 Å². The third kappa shape index (κ3) is 2.01. The molecule has 0 spiro atoms. The highest BCUT2D eigenvalue weighted by Gasteiger charge is 2.32. The highest BCUT2D eigenvalue weighted by molar-refractivity contribution is 5.89. The summed E-state index contributed by atoms with van der Waals surface area (Å²) in [6, 6.07) is 3.93. The fourth-order valence-corrected chi connectivity index (χ4v) is 1.70. The molecule has 0 aliphatic carbocycles. The zero-order chi connectivity index (χ0) is 12.6. The second kappa shape index (κ2) is 3.97. The van der Waals surface area contributed by atoms with Crippen LogP contribution < -0.4 is 10.1 Å². The van der Waals surface area contributed by atoms with Crippen LogP contribution in [0.1, 0.15) is 17.3 Å². The topological polar surface area (TPSA) is 95.9 Å². The van der Waals surface area contributed by atoms with E-state index in [1.807, 2.05) is 0 Å². The summed E-state index contributed by atoms with van der Waals surface area (Å²) in [5.41, 5.74) is 0.657. The number of carboxylic acid groups (broad SMARTS) is 2. The lowest BCUT2D eigenvalue weighted by atomic mass is 10.1. The fourth-order valence-electron chi connectivity index (χ4n) is 1.70. The largest absolute Gasteiger partial charge is 0.478 e. The maximum Gasteiger partial charge on any atom is 0.347 e. The van der Waals surface area contributed by atoms with Gasteiger partial charge in [0.1, 0.15) is 5.75 Å². The van der Waals surface area contributed by atoms with E-state index in [1.165, 1.54) is 12.1 Å². The molecule has 0 bridgehead atoms. The number of aliphatic carboxylic acids is 1. The number of carboxylic acids is 2. The van der Waals surface area contributed by atoms with Crippen molar-refractivity contribution in [1.82, 2.24) is 0 Å². The molecule has 2 atom stereocenters. The number of nitrogens with one attached hydrogen (secondary N) is 1. The van der Waals surface area contributed by atoms with Crippen LogP contribution in [-0.4, -0.2) is 34.3 Å². The van der Waals surface area contributed by atoms with Crippen LogP contribution in [0, 0.1) is 0 Å². The van der Waals surface area contributed by atoms with Crippen molar-refractivity contribution in [2.24, 2.45) is 0 Å². The van der Waals surface area contributed by atoms with Gasteiger partial charge in [0.25, 0.3) is 0 Å². The van der Waals surface area contributed by atoms with Crippen molar-refractivity contribution in [3.8, 4) is 5.75 Å². The molecule has 0 aromatic heterocycles. The smallest absolute Gasteiger partial charge is 0.347 e. The first-order valence-corrected chi connectivity index (χ1v) is 5.02. The van der Waals surface area contributed by atoms with Gasteiger partial charge >= 0.3 is 11.9 Å². The molecule has 1 heterocycles. The molecular formula is C11H11NO5. The number of fused-ring (bicyclic) bond motifs is 1. The second-order valence-electron chi connectivity index (χ2n) is 3.83. The lowest BCUT2D eigenvalue weighted by Gasteiger charge is -2.30. The minimum absolute atomic E-state index is 0.0595. The van der Waals surface area contributed by atoms with Crippen LogP contribution in [0.2, 0.25) is 0 Å². The van der Waals surface area contributed by atoms with Crippen LogP contribution in [0.5, 0.6) is 5.75 Å². The van der Waals surface area contributed by atoms with Crippen molar-refractivity contribution in [2.45, 2.75) is 19.1 Å². The molecule has 0 saturated carbocycles. The summed E-state index contributed by atoms with van der Waals surface area (Å²) in [7, 11) is 0. The zero-order valence-electron chi connectivity index (χ0n) is 9.01. The van der Waals surface area contributed by atoms with Gasteiger partial charge in [0.2, 0.25) is 6.10 Å². The second-order valence-corrected chi connectivity index (χ2v) is 3.83. The minimum atomic E-state index is -1.09. The van der Waals surface area contributed by atoms with Gasteiger partial charge in [-0.05, 0) is 25.1 Å². The van der Waals surface area contributed by atoms with Crippen LogP contribution in [0.25, 0.3) is 0 Å². The number of hydrogen-bond acceptors (Lipinski definition) is 4. The third-order valence-corrected chi connectivity index (χ3v) is 2.56. The van der Waals surface area contributed by atoms with E-state index >= 15 is 0 Å². The lowest BCUT2D eigenvalue weighted by molar-refractivity contribution is -0.145. The molecule has 1 aliphatic rings. The van der Waals surface area contributed by atoms with E-state index in [9.17, 15) is 9.59 Å². The number of ether oxygens (including phenoxy) is 1. The zero-order valence-corrected chi connectivity index (χ0v) is 9.01. The van der Waals surface area contributed by atoms with Crippen molar-refractivity contribution in [3.05, 3.63) is 23.8 Å². The van der Waals surface area contributed by atoms with Crippen LogP contribution in [-0.2, 0) is 4.79 Å². The van der Waals surface area contributed by atoms with Gasteiger partial charge in [-0.1, -0.05) is 0 Å². The van der Waals surface area contributed by atoms with Crippen LogP contribution in [0.15, 0.2) is 18.2 Å². The Morgan fingerprint density at radius 3 is 2.65 bits per heavy atom.